The third kappa shape index (κ3) is 2.99. The molecule has 0 aliphatic carbocycles. The summed E-state index contributed by atoms with van der Waals surface area (Å²) in [5.41, 5.74) is 7.79. The zero-order valence-corrected chi connectivity index (χ0v) is 12.4. The minimum absolute atomic E-state index is 0.448. The topological polar surface area (TPSA) is 29.3 Å². The van der Waals surface area contributed by atoms with Crippen LogP contribution in [0.1, 0.15) is 25.3 Å². The predicted molar refractivity (Wildman–Crippen MR) is 80.6 cm³/mol. The molecule has 1 fully saturated rings. The van der Waals surface area contributed by atoms with Crippen molar-refractivity contribution in [1.82, 2.24) is 0 Å². The van der Waals surface area contributed by atoms with Crippen molar-refractivity contribution in [2.24, 2.45) is 11.7 Å². The molecule has 1 aliphatic rings. The van der Waals surface area contributed by atoms with Crippen LogP contribution in [0.2, 0.25) is 0 Å². The zero-order valence-electron chi connectivity index (χ0n) is 9.95. The van der Waals surface area contributed by atoms with Crippen molar-refractivity contribution in [3.8, 4) is 0 Å². The van der Waals surface area contributed by atoms with Gasteiger partial charge in [0.2, 0.25) is 0 Å². The smallest absolute Gasteiger partial charge is 0.104 e. The lowest BCUT2D eigenvalue weighted by Gasteiger charge is -2.33. The Bertz CT molecular complexity index is 433. The summed E-state index contributed by atoms with van der Waals surface area (Å²) in [6.07, 6.45) is 2.60. The molecule has 1 aromatic rings. The van der Waals surface area contributed by atoms with Crippen molar-refractivity contribution < 1.29 is 0 Å². The Labute approximate surface area is 116 Å². The van der Waals surface area contributed by atoms with Gasteiger partial charge in [0.05, 0.1) is 5.69 Å². The van der Waals surface area contributed by atoms with E-state index in [9.17, 15) is 0 Å². The SMILES string of the molecule is CC1CCCN(c2ccc(C(N)=S)cc2Br)C1. The van der Waals surface area contributed by atoms with E-state index in [2.05, 4.69) is 33.8 Å². The third-order valence-corrected chi connectivity index (χ3v) is 4.10. The Morgan fingerprint density at radius 2 is 2.29 bits per heavy atom. The summed E-state index contributed by atoms with van der Waals surface area (Å²) in [6, 6.07) is 6.12. The Kier molecular flexibility index (Phi) is 4.05. The summed E-state index contributed by atoms with van der Waals surface area (Å²) in [5, 5.41) is 0. The lowest BCUT2D eigenvalue weighted by molar-refractivity contribution is 0.446. The molecule has 0 bridgehead atoms. The lowest BCUT2D eigenvalue weighted by atomic mass is 9.99. The molecule has 1 unspecified atom stereocenters. The van der Waals surface area contributed by atoms with Gasteiger partial charge < -0.3 is 10.6 Å². The van der Waals surface area contributed by atoms with E-state index in [1.54, 1.807) is 0 Å². The number of piperidine rings is 1. The fourth-order valence-electron chi connectivity index (χ4n) is 2.32. The number of benzene rings is 1. The van der Waals surface area contributed by atoms with Gasteiger partial charge in [0, 0.05) is 23.1 Å². The molecule has 1 aromatic carbocycles. The van der Waals surface area contributed by atoms with E-state index in [0.29, 0.717) is 4.99 Å². The molecular weight excluding hydrogens is 296 g/mol. The van der Waals surface area contributed by atoms with E-state index in [-0.39, 0.29) is 0 Å². The molecule has 2 nitrogen and oxygen atoms in total. The Balaban J connectivity index is 2.23. The second-order valence-electron chi connectivity index (χ2n) is 4.72. The average molecular weight is 313 g/mol. The van der Waals surface area contributed by atoms with Crippen LogP contribution in [0.4, 0.5) is 5.69 Å². The van der Waals surface area contributed by atoms with Gasteiger partial charge in [0.1, 0.15) is 4.99 Å². The highest BCUT2D eigenvalue weighted by molar-refractivity contribution is 9.10. The Morgan fingerprint density at radius 1 is 1.53 bits per heavy atom. The van der Waals surface area contributed by atoms with Gasteiger partial charge in [-0.1, -0.05) is 19.1 Å². The van der Waals surface area contributed by atoms with Crippen LogP contribution in [0, 0.1) is 5.92 Å². The number of hydrogen-bond donors (Lipinski definition) is 1. The highest BCUT2D eigenvalue weighted by Crippen LogP contribution is 2.30. The average Bonchev–Trinajstić information content (AvgIpc) is 2.28. The number of nitrogens with zero attached hydrogens (tertiary/aromatic N) is 1. The van der Waals surface area contributed by atoms with Gasteiger partial charge in [0.15, 0.2) is 0 Å². The van der Waals surface area contributed by atoms with Crippen molar-refractivity contribution in [1.29, 1.82) is 0 Å². The molecule has 1 aliphatic heterocycles. The Morgan fingerprint density at radius 3 is 2.88 bits per heavy atom. The molecule has 1 heterocycles. The standard InChI is InChI=1S/C13H17BrN2S/c1-9-3-2-6-16(8-9)12-5-4-10(13(15)17)7-11(12)14/h4-5,7,9H,2-3,6,8H2,1H3,(H2,15,17). The largest absolute Gasteiger partial charge is 0.389 e. The first-order chi connectivity index (χ1) is 8.08. The van der Waals surface area contributed by atoms with Crippen LogP contribution in [-0.4, -0.2) is 18.1 Å². The fourth-order valence-corrected chi connectivity index (χ4v) is 3.08. The van der Waals surface area contributed by atoms with Gasteiger partial charge in [-0.2, -0.15) is 0 Å². The van der Waals surface area contributed by atoms with Crippen molar-refractivity contribution >= 4 is 38.8 Å². The molecule has 0 radical (unpaired) electrons. The summed E-state index contributed by atoms with van der Waals surface area (Å²) in [7, 11) is 0. The third-order valence-electron chi connectivity index (χ3n) is 3.23. The van der Waals surface area contributed by atoms with Crippen LogP contribution in [0.25, 0.3) is 0 Å². The molecule has 1 saturated heterocycles. The van der Waals surface area contributed by atoms with Crippen LogP contribution >= 0.6 is 28.1 Å². The molecule has 17 heavy (non-hydrogen) atoms. The summed E-state index contributed by atoms with van der Waals surface area (Å²) in [5.74, 6) is 0.769. The highest BCUT2D eigenvalue weighted by atomic mass is 79.9. The second kappa shape index (κ2) is 5.36. The van der Waals surface area contributed by atoms with Crippen LogP contribution in [0.5, 0.6) is 0 Å². The van der Waals surface area contributed by atoms with Crippen LogP contribution in [0.3, 0.4) is 0 Å². The number of nitrogens with two attached hydrogens (primary N) is 1. The molecule has 0 saturated carbocycles. The quantitative estimate of drug-likeness (QED) is 0.849. The molecule has 0 aromatic heterocycles. The lowest BCUT2D eigenvalue weighted by Crippen LogP contribution is -2.34. The number of anilines is 1. The van der Waals surface area contributed by atoms with Gasteiger partial charge in [-0.25, -0.2) is 0 Å². The maximum absolute atomic E-state index is 5.63. The van der Waals surface area contributed by atoms with E-state index in [4.69, 9.17) is 18.0 Å². The fraction of sp³-hybridized carbons (Fsp3) is 0.462. The first-order valence-corrected chi connectivity index (χ1v) is 7.12. The summed E-state index contributed by atoms with van der Waals surface area (Å²) < 4.78 is 1.08. The number of thiocarbonyl (C=S) groups is 1. The minimum atomic E-state index is 0.448. The molecule has 4 heteroatoms. The molecule has 1 atom stereocenters. The number of halogens is 1. The van der Waals surface area contributed by atoms with Crippen LogP contribution in [-0.2, 0) is 0 Å². The second-order valence-corrected chi connectivity index (χ2v) is 6.02. The maximum Gasteiger partial charge on any atom is 0.104 e. The van der Waals surface area contributed by atoms with Gasteiger partial charge in [-0.15, -0.1) is 0 Å². The van der Waals surface area contributed by atoms with Crippen molar-refractivity contribution in [3.63, 3.8) is 0 Å². The van der Waals surface area contributed by atoms with Crippen molar-refractivity contribution in [2.75, 3.05) is 18.0 Å². The first kappa shape index (κ1) is 12.8. The minimum Gasteiger partial charge on any atom is -0.389 e. The molecule has 92 valence electrons. The van der Waals surface area contributed by atoms with Crippen LogP contribution in [0.15, 0.2) is 22.7 Å². The molecule has 2 rings (SSSR count). The van der Waals surface area contributed by atoms with Gasteiger partial charge >= 0.3 is 0 Å². The van der Waals surface area contributed by atoms with Gasteiger partial charge in [0.25, 0.3) is 0 Å². The molecule has 0 spiro atoms. The summed E-state index contributed by atoms with van der Waals surface area (Å²) >= 11 is 8.60. The highest BCUT2D eigenvalue weighted by Gasteiger charge is 2.18. The predicted octanol–water partition coefficient (Wildman–Crippen LogP) is 3.32. The monoisotopic (exact) mass is 312 g/mol. The first-order valence-electron chi connectivity index (χ1n) is 5.92. The van der Waals surface area contributed by atoms with Crippen molar-refractivity contribution in [3.05, 3.63) is 28.2 Å². The molecule has 2 N–H and O–H groups in total. The molecule has 0 amide bonds. The van der Waals surface area contributed by atoms with E-state index in [1.807, 2.05) is 12.1 Å². The van der Waals surface area contributed by atoms with E-state index < -0.39 is 0 Å². The normalized spacial score (nSPS) is 20.4. The molecular formula is C13H17BrN2S. The summed E-state index contributed by atoms with van der Waals surface area (Å²) in [6.45, 7) is 4.57. The summed E-state index contributed by atoms with van der Waals surface area (Å²) in [4.78, 5) is 2.88. The zero-order chi connectivity index (χ0) is 12.4. The van der Waals surface area contributed by atoms with Gasteiger partial charge in [-0.3, -0.25) is 0 Å². The van der Waals surface area contributed by atoms with Crippen molar-refractivity contribution in [2.45, 2.75) is 19.8 Å². The maximum atomic E-state index is 5.63. The van der Waals surface area contributed by atoms with Crippen LogP contribution < -0.4 is 10.6 Å². The number of rotatable bonds is 2. The van der Waals surface area contributed by atoms with E-state index >= 15 is 0 Å². The Hall–Kier alpha value is -0.610. The van der Waals surface area contributed by atoms with E-state index in [0.717, 1.165) is 29.0 Å². The number of hydrogen-bond acceptors (Lipinski definition) is 2. The van der Waals surface area contributed by atoms with Gasteiger partial charge in [-0.05, 0) is 52.9 Å². The van der Waals surface area contributed by atoms with E-state index in [1.165, 1.54) is 18.5 Å².